The van der Waals surface area contributed by atoms with Crippen molar-refractivity contribution in [2.24, 2.45) is 5.10 Å². The predicted molar refractivity (Wildman–Crippen MR) is 122 cm³/mol. The SMILES string of the molecule is C/C(=N\Nc1ccc(S(=O)(=O)N2CCOCC2)cc1[N+](=O)[O-])c1ccc2ccccc2c1. The number of nitrogens with one attached hydrogen (secondary N) is 1. The third kappa shape index (κ3) is 4.47. The minimum Gasteiger partial charge on any atom is -0.379 e. The van der Waals surface area contributed by atoms with Crippen LogP contribution in [0, 0.1) is 10.1 Å². The van der Waals surface area contributed by atoms with E-state index in [4.69, 9.17) is 4.74 Å². The van der Waals surface area contributed by atoms with Crippen LogP contribution in [-0.2, 0) is 14.8 Å². The first kappa shape index (κ1) is 21.9. The molecule has 0 spiro atoms. The highest BCUT2D eigenvalue weighted by Crippen LogP contribution is 2.29. The highest BCUT2D eigenvalue weighted by molar-refractivity contribution is 7.89. The first-order valence-electron chi connectivity index (χ1n) is 10.0. The van der Waals surface area contributed by atoms with Crippen molar-refractivity contribution in [1.82, 2.24) is 4.31 Å². The van der Waals surface area contributed by atoms with E-state index < -0.39 is 14.9 Å². The predicted octanol–water partition coefficient (Wildman–Crippen LogP) is 3.61. The second-order valence-electron chi connectivity index (χ2n) is 7.32. The van der Waals surface area contributed by atoms with Crippen LogP contribution < -0.4 is 5.43 Å². The van der Waals surface area contributed by atoms with Crippen LogP contribution in [0.15, 0.2) is 70.7 Å². The van der Waals surface area contributed by atoms with Gasteiger partial charge in [-0.05, 0) is 41.5 Å². The maximum absolute atomic E-state index is 12.8. The van der Waals surface area contributed by atoms with Gasteiger partial charge >= 0.3 is 0 Å². The van der Waals surface area contributed by atoms with Gasteiger partial charge in [0.2, 0.25) is 10.0 Å². The van der Waals surface area contributed by atoms with E-state index in [1.165, 1.54) is 16.4 Å². The van der Waals surface area contributed by atoms with E-state index in [9.17, 15) is 18.5 Å². The normalized spacial score (nSPS) is 15.6. The van der Waals surface area contributed by atoms with E-state index in [0.717, 1.165) is 22.4 Å². The van der Waals surface area contributed by atoms with E-state index in [1.54, 1.807) is 6.92 Å². The molecule has 0 bridgehead atoms. The molecule has 0 atom stereocenters. The Balaban J connectivity index is 1.61. The molecule has 9 nitrogen and oxygen atoms in total. The third-order valence-corrected chi connectivity index (χ3v) is 7.18. The Morgan fingerprint density at radius 3 is 2.50 bits per heavy atom. The molecule has 0 amide bonds. The topological polar surface area (TPSA) is 114 Å². The Labute approximate surface area is 185 Å². The fraction of sp³-hybridized carbons (Fsp3) is 0.227. The zero-order valence-corrected chi connectivity index (χ0v) is 18.2. The van der Waals surface area contributed by atoms with E-state index in [0.29, 0.717) is 18.9 Å². The largest absolute Gasteiger partial charge is 0.379 e. The molecule has 1 aliphatic rings. The summed E-state index contributed by atoms with van der Waals surface area (Å²) in [5.74, 6) is 0. The summed E-state index contributed by atoms with van der Waals surface area (Å²) >= 11 is 0. The lowest BCUT2D eigenvalue weighted by molar-refractivity contribution is -0.384. The smallest absolute Gasteiger partial charge is 0.295 e. The van der Waals surface area contributed by atoms with E-state index in [2.05, 4.69) is 10.5 Å². The van der Waals surface area contributed by atoms with Crippen molar-refractivity contribution >= 4 is 37.9 Å². The van der Waals surface area contributed by atoms with Gasteiger partial charge in [0.15, 0.2) is 0 Å². The summed E-state index contributed by atoms with van der Waals surface area (Å²) < 4.78 is 32.1. The summed E-state index contributed by atoms with van der Waals surface area (Å²) in [6.45, 7) is 2.81. The van der Waals surface area contributed by atoms with Gasteiger partial charge in [0, 0.05) is 19.2 Å². The number of anilines is 1. The third-order valence-electron chi connectivity index (χ3n) is 5.29. The van der Waals surface area contributed by atoms with Crippen LogP contribution in [0.3, 0.4) is 0 Å². The fourth-order valence-corrected chi connectivity index (χ4v) is 4.91. The number of morpholine rings is 1. The number of sulfonamides is 1. The van der Waals surface area contributed by atoms with Crippen molar-refractivity contribution in [3.63, 3.8) is 0 Å². The lowest BCUT2D eigenvalue weighted by atomic mass is 10.0. The molecule has 3 aromatic rings. The molecule has 1 fully saturated rings. The van der Waals surface area contributed by atoms with Gasteiger partial charge in [-0.15, -0.1) is 0 Å². The molecule has 10 heteroatoms. The maximum Gasteiger partial charge on any atom is 0.295 e. The number of hydrazone groups is 1. The van der Waals surface area contributed by atoms with Crippen molar-refractivity contribution < 1.29 is 18.1 Å². The van der Waals surface area contributed by atoms with E-state index in [-0.39, 0.29) is 29.4 Å². The van der Waals surface area contributed by atoms with Crippen molar-refractivity contribution in [3.05, 3.63) is 76.3 Å². The number of rotatable bonds is 6. The van der Waals surface area contributed by atoms with Crippen LogP contribution in [0.4, 0.5) is 11.4 Å². The number of benzene rings is 3. The van der Waals surface area contributed by atoms with Gasteiger partial charge in [0.1, 0.15) is 5.69 Å². The Morgan fingerprint density at radius 2 is 1.78 bits per heavy atom. The molecule has 1 saturated heterocycles. The molecular formula is C22H22N4O5S. The minimum absolute atomic E-state index is 0.107. The second kappa shape index (κ2) is 9.03. The molecule has 1 N–H and O–H groups in total. The van der Waals surface area contributed by atoms with Gasteiger partial charge in [0.25, 0.3) is 5.69 Å². The van der Waals surface area contributed by atoms with E-state index in [1.807, 2.05) is 42.5 Å². The van der Waals surface area contributed by atoms with Crippen LogP contribution in [0.1, 0.15) is 12.5 Å². The number of nitrogens with zero attached hydrogens (tertiary/aromatic N) is 3. The number of hydrogen-bond donors (Lipinski definition) is 1. The molecule has 3 aromatic carbocycles. The van der Waals surface area contributed by atoms with Gasteiger partial charge in [-0.3, -0.25) is 15.5 Å². The summed E-state index contributed by atoms with van der Waals surface area (Å²) in [6.07, 6.45) is 0. The minimum atomic E-state index is -3.84. The first-order chi connectivity index (χ1) is 15.4. The van der Waals surface area contributed by atoms with Crippen LogP contribution in [0.2, 0.25) is 0 Å². The highest BCUT2D eigenvalue weighted by Gasteiger charge is 2.28. The molecule has 32 heavy (non-hydrogen) atoms. The van der Waals surface area contributed by atoms with E-state index >= 15 is 0 Å². The molecule has 0 aromatic heterocycles. The Kier molecular flexibility index (Phi) is 6.17. The quantitative estimate of drug-likeness (QED) is 0.346. The number of fused-ring (bicyclic) bond motifs is 1. The van der Waals surface area contributed by atoms with Crippen LogP contribution in [0.25, 0.3) is 10.8 Å². The molecule has 4 rings (SSSR count). The standard InChI is InChI=1S/C22H22N4O5S/c1-16(18-7-6-17-4-2-3-5-19(17)14-18)23-24-21-9-8-20(15-22(21)26(27)28)32(29,30)25-10-12-31-13-11-25/h2-9,14-15,24H,10-13H2,1H3/b23-16+. The summed E-state index contributed by atoms with van der Waals surface area (Å²) in [7, 11) is -3.84. The lowest BCUT2D eigenvalue weighted by Gasteiger charge is -2.26. The zero-order valence-electron chi connectivity index (χ0n) is 17.4. The summed E-state index contributed by atoms with van der Waals surface area (Å²) in [4.78, 5) is 10.9. The van der Waals surface area contributed by atoms with Crippen molar-refractivity contribution in [2.45, 2.75) is 11.8 Å². The van der Waals surface area contributed by atoms with Crippen molar-refractivity contribution in [3.8, 4) is 0 Å². The molecule has 1 aliphatic heterocycles. The molecule has 0 saturated carbocycles. The van der Waals surface area contributed by atoms with Crippen molar-refractivity contribution in [1.29, 1.82) is 0 Å². The summed E-state index contributed by atoms with van der Waals surface area (Å²) in [5, 5.41) is 18.1. The molecular weight excluding hydrogens is 432 g/mol. The number of nitro benzene ring substituents is 1. The number of ether oxygens (including phenoxy) is 1. The van der Waals surface area contributed by atoms with Gasteiger partial charge < -0.3 is 4.74 Å². The maximum atomic E-state index is 12.8. The first-order valence-corrected chi connectivity index (χ1v) is 11.5. The average molecular weight is 455 g/mol. The molecule has 0 aliphatic carbocycles. The summed E-state index contributed by atoms with van der Waals surface area (Å²) in [5.41, 5.74) is 3.96. The lowest BCUT2D eigenvalue weighted by Crippen LogP contribution is -2.40. The van der Waals surface area contributed by atoms with Crippen LogP contribution >= 0.6 is 0 Å². The molecule has 0 radical (unpaired) electrons. The number of hydrogen-bond acceptors (Lipinski definition) is 7. The van der Waals surface area contributed by atoms with Gasteiger partial charge in [0.05, 0.1) is 28.7 Å². The summed E-state index contributed by atoms with van der Waals surface area (Å²) in [6, 6.07) is 17.6. The highest BCUT2D eigenvalue weighted by atomic mass is 32.2. The van der Waals surface area contributed by atoms with Crippen LogP contribution in [-0.4, -0.2) is 49.7 Å². The zero-order chi connectivity index (χ0) is 22.7. The van der Waals surface area contributed by atoms with Gasteiger partial charge in [-0.25, -0.2) is 8.42 Å². The Hall–Kier alpha value is -3.34. The van der Waals surface area contributed by atoms with Gasteiger partial charge in [-0.1, -0.05) is 36.4 Å². The number of nitro groups is 1. The Morgan fingerprint density at radius 1 is 1.06 bits per heavy atom. The average Bonchev–Trinajstić information content (AvgIpc) is 2.82. The second-order valence-corrected chi connectivity index (χ2v) is 9.26. The molecule has 1 heterocycles. The monoisotopic (exact) mass is 454 g/mol. The molecule has 166 valence electrons. The van der Waals surface area contributed by atoms with Crippen LogP contribution in [0.5, 0.6) is 0 Å². The Bertz CT molecular complexity index is 1300. The molecule has 0 unspecified atom stereocenters. The van der Waals surface area contributed by atoms with Gasteiger partial charge in [-0.2, -0.15) is 9.41 Å². The fourth-order valence-electron chi connectivity index (χ4n) is 3.48. The van der Waals surface area contributed by atoms with Crippen molar-refractivity contribution in [2.75, 3.05) is 31.7 Å².